The van der Waals surface area contributed by atoms with Gasteiger partial charge in [0.25, 0.3) is 10.2 Å². The maximum absolute atomic E-state index is 12.3. The summed E-state index contributed by atoms with van der Waals surface area (Å²) < 4.78 is 27.7. The molecule has 1 saturated heterocycles. The van der Waals surface area contributed by atoms with Crippen LogP contribution in [0.2, 0.25) is 0 Å². The summed E-state index contributed by atoms with van der Waals surface area (Å²) in [6, 6.07) is 0.0993. The zero-order valence-corrected chi connectivity index (χ0v) is 12.5. The molecule has 0 radical (unpaired) electrons. The highest BCUT2D eigenvalue weighted by Crippen LogP contribution is 2.25. The van der Waals surface area contributed by atoms with Crippen LogP contribution in [0.4, 0.5) is 0 Å². The first kappa shape index (κ1) is 15.2. The average Bonchev–Trinajstić information content (AvgIpc) is 2.25. The minimum atomic E-state index is -3.30. The lowest BCUT2D eigenvalue weighted by Crippen LogP contribution is -2.50. The van der Waals surface area contributed by atoms with E-state index in [2.05, 4.69) is 6.92 Å². The Hall–Kier alpha value is 0.160. The molecule has 6 heteroatoms. The van der Waals surface area contributed by atoms with Crippen molar-refractivity contribution >= 4 is 21.8 Å². The smallest absolute Gasteiger partial charge is 0.195 e. The van der Waals surface area contributed by atoms with Crippen molar-refractivity contribution in [3.8, 4) is 0 Å². The number of halogens is 1. The van der Waals surface area contributed by atoms with E-state index in [1.54, 1.807) is 11.4 Å². The molecule has 0 aromatic heterocycles. The molecule has 17 heavy (non-hydrogen) atoms. The molecule has 102 valence electrons. The number of alkyl halides is 1. The fourth-order valence-electron chi connectivity index (χ4n) is 2.31. The number of nitrogens with zero attached hydrogens (tertiary/aromatic N) is 2. The van der Waals surface area contributed by atoms with Gasteiger partial charge in [-0.25, -0.2) is 0 Å². The van der Waals surface area contributed by atoms with Crippen molar-refractivity contribution in [2.24, 2.45) is 5.92 Å². The highest BCUT2D eigenvalue weighted by molar-refractivity contribution is 7.86. The van der Waals surface area contributed by atoms with E-state index >= 15 is 0 Å². The zero-order chi connectivity index (χ0) is 13.1. The van der Waals surface area contributed by atoms with E-state index in [-0.39, 0.29) is 6.04 Å². The van der Waals surface area contributed by atoms with Crippen LogP contribution in [0.25, 0.3) is 0 Å². The van der Waals surface area contributed by atoms with Gasteiger partial charge in [0, 0.05) is 32.1 Å². The normalized spacial score (nSPS) is 27.6. The third-order valence-corrected chi connectivity index (χ3v) is 5.75. The van der Waals surface area contributed by atoms with E-state index < -0.39 is 10.2 Å². The molecule has 4 nitrogen and oxygen atoms in total. The quantitative estimate of drug-likeness (QED) is 0.723. The van der Waals surface area contributed by atoms with Crippen molar-refractivity contribution in [3.63, 3.8) is 0 Å². The predicted molar refractivity (Wildman–Crippen MR) is 71.5 cm³/mol. The Bertz CT molecular complexity index is 334. The fourth-order valence-corrected chi connectivity index (χ4v) is 4.02. The molecule has 0 amide bonds. The van der Waals surface area contributed by atoms with Crippen LogP contribution < -0.4 is 0 Å². The van der Waals surface area contributed by atoms with Gasteiger partial charge < -0.3 is 0 Å². The summed E-state index contributed by atoms with van der Waals surface area (Å²) in [6.45, 7) is 5.29. The van der Waals surface area contributed by atoms with Crippen molar-refractivity contribution in [1.82, 2.24) is 8.61 Å². The first-order valence-electron chi connectivity index (χ1n) is 6.18. The summed E-state index contributed by atoms with van der Waals surface area (Å²) in [5.41, 5.74) is 0. The van der Waals surface area contributed by atoms with Crippen LogP contribution in [0, 0.1) is 5.92 Å². The van der Waals surface area contributed by atoms with Gasteiger partial charge in [-0.3, -0.25) is 0 Å². The monoisotopic (exact) mass is 282 g/mol. The van der Waals surface area contributed by atoms with E-state index in [9.17, 15) is 8.42 Å². The van der Waals surface area contributed by atoms with Crippen LogP contribution in [0.1, 0.15) is 33.1 Å². The second-order valence-electron chi connectivity index (χ2n) is 4.96. The molecular weight excluding hydrogens is 260 g/mol. The average molecular weight is 283 g/mol. The lowest BCUT2D eigenvalue weighted by atomic mass is 9.95. The summed E-state index contributed by atoms with van der Waals surface area (Å²) in [4.78, 5) is 0. The van der Waals surface area contributed by atoms with Gasteiger partial charge in [0.05, 0.1) is 0 Å². The van der Waals surface area contributed by atoms with Gasteiger partial charge >= 0.3 is 0 Å². The van der Waals surface area contributed by atoms with Crippen LogP contribution in [-0.4, -0.2) is 49.1 Å². The zero-order valence-electron chi connectivity index (χ0n) is 10.9. The van der Waals surface area contributed by atoms with Gasteiger partial charge in [-0.15, -0.1) is 11.6 Å². The van der Waals surface area contributed by atoms with Crippen LogP contribution >= 0.6 is 11.6 Å². The Balaban J connectivity index is 2.69. The molecule has 0 spiro atoms. The summed E-state index contributed by atoms with van der Waals surface area (Å²) in [6.07, 6.45) is 2.59. The van der Waals surface area contributed by atoms with Crippen LogP contribution in [0.5, 0.6) is 0 Å². The molecule has 0 bridgehead atoms. The van der Waals surface area contributed by atoms with E-state index in [1.165, 1.54) is 4.31 Å². The Morgan fingerprint density at radius 2 is 2.06 bits per heavy atom. The van der Waals surface area contributed by atoms with Gasteiger partial charge in [-0.05, 0) is 32.1 Å². The summed E-state index contributed by atoms with van der Waals surface area (Å²) in [7, 11) is -1.67. The van der Waals surface area contributed by atoms with Gasteiger partial charge in [-0.2, -0.15) is 17.0 Å². The van der Waals surface area contributed by atoms with Gasteiger partial charge in [0.15, 0.2) is 0 Å². The van der Waals surface area contributed by atoms with Gasteiger partial charge in [-0.1, -0.05) is 6.92 Å². The molecule has 1 heterocycles. The number of piperidine rings is 1. The standard InChI is InChI=1S/C11H23ClN2O2S/c1-10-5-8-14(11(2)9-10)17(15,16)13(3)7-4-6-12/h10-11H,4-9H2,1-3H3. The van der Waals surface area contributed by atoms with Crippen molar-refractivity contribution in [2.45, 2.75) is 39.2 Å². The summed E-state index contributed by atoms with van der Waals surface area (Å²) in [5.74, 6) is 1.11. The Morgan fingerprint density at radius 3 is 2.59 bits per heavy atom. The molecule has 2 atom stereocenters. The summed E-state index contributed by atoms with van der Waals surface area (Å²) >= 11 is 5.59. The Labute approximate surface area is 110 Å². The SMILES string of the molecule is CC1CCN(S(=O)(=O)N(C)CCCCl)C(C)C1. The second kappa shape index (κ2) is 6.36. The van der Waals surface area contributed by atoms with Crippen molar-refractivity contribution in [1.29, 1.82) is 0 Å². The van der Waals surface area contributed by atoms with Gasteiger partial charge in [0.1, 0.15) is 0 Å². The third-order valence-electron chi connectivity index (χ3n) is 3.37. The highest BCUT2D eigenvalue weighted by atomic mass is 35.5. The largest absolute Gasteiger partial charge is 0.281 e. The van der Waals surface area contributed by atoms with Crippen LogP contribution in [0.15, 0.2) is 0 Å². The maximum atomic E-state index is 12.3. The minimum absolute atomic E-state index is 0.0993. The third kappa shape index (κ3) is 3.81. The number of rotatable bonds is 5. The molecule has 0 saturated carbocycles. The molecular formula is C11H23ClN2O2S. The topological polar surface area (TPSA) is 40.6 Å². The molecule has 0 aliphatic carbocycles. The summed E-state index contributed by atoms with van der Waals surface area (Å²) in [5, 5.41) is 0. The molecule has 0 N–H and O–H groups in total. The van der Waals surface area contributed by atoms with E-state index in [0.29, 0.717) is 31.3 Å². The molecule has 1 fully saturated rings. The molecule has 2 unspecified atom stereocenters. The van der Waals surface area contributed by atoms with Crippen LogP contribution in [0.3, 0.4) is 0 Å². The first-order valence-corrected chi connectivity index (χ1v) is 8.11. The number of hydrogen-bond acceptors (Lipinski definition) is 2. The Kier molecular flexibility index (Phi) is 5.70. The van der Waals surface area contributed by atoms with Crippen molar-refractivity contribution in [2.75, 3.05) is 26.0 Å². The van der Waals surface area contributed by atoms with Gasteiger partial charge in [0.2, 0.25) is 0 Å². The van der Waals surface area contributed by atoms with E-state index in [1.807, 2.05) is 6.92 Å². The van der Waals surface area contributed by atoms with E-state index in [4.69, 9.17) is 11.6 Å². The lowest BCUT2D eigenvalue weighted by molar-refractivity contribution is 0.208. The lowest BCUT2D eigenvalue weighted by Gasteiger charge is -2.37. The Morgan fingerprint density at radius 1 is 1.41 bits per heavy atom. The van der Waals surface area contributed by atoms with Crippen molar-refractivity contribution in [3.05, 3.63) is 0 Å². The first-order chi connectivity index (χ1) is 7.89. The maximum Gasteiger partial charge on any atom is 0.281 e. The van der Waals surface area contributed by atoms with Crippen molar-refractivity contribution < 1.29 is 8.42 Å². The second-order valence-corrected chi connectivity index (χ2v) is 7.33. The highest BCUT2D eigenvalue weighted by Gasteiger charge is 2.34. The predicted octanol–water partition coefficient (Wildman–Crippen LogP) is 1.91. The molecule has 1 aliphatic rings. The molecule has 0 aromatic carbocycles. The van der Waals surface area contributed by atoms with E-state index in [0.717, 1.165) is 12.8 Å². The molecule has 0 aromatic rings. The molecule has 1 aliphatic heterocycles. The van der Waals surface area contributed by atoms with Crippen LogP contribution in [-0.2, 0) is 10.2 Å². The minimum Gasteiger partial charge on any atom is -0.195 e. The number of hydrogen-bond donors (Lipinski definition) is 0. The molecule has 1 rings (SSSR count). The fraction of sp³-hybridized carbons (Fsp3) is 1.00.